The number of ether oxygens (including phenoxy) is 1. The summed E-state index contributed by atoms with van der Waals surface area (Å²) >= 11 is 0. The van der Waals surface area contributed by atoms with Crippen LogP contribution in [0.5, 0.6) is 0 Å². The maximum atomic E-state index is 13.2. The number of fused-ring (bicyclic) bond motifs is 1. The van der Waals surface area contributed by atoms with Gasteiger partial charge in [0.05, 0.1) is 12.6 Å². The van der Waals surface area contributed by atoms with Gasteiger partial charge in [0.15, 0.2) is 0 Å². The van der Waals surface area contributed by atoms with E-state index in [1.54, 1.807) is 18.7 Å². The number of hydrogen-bond acceptors (Lipinski definition) is 5. The van der Waals surface area contributed by atoms with E-state index in [1.165, 1.54) is 0 Å². The summed E-state index contributed by atoms with van der Waals surface area (Å²) in [6.45, 7) is 3.72. The normalized spacial score (nSPS) is 24.1. The second-order valence-corrected chi connectivity index (χ2v) is 8.31. The Balaban J connectivity index is 0.00000341. The Bertz CT molecular complexity index is 760. The van der Waals surface area contributed by atoms with E-state index in [1.807, 2.05) is 30.3 Å². The first-order valence-electron chi connectivity index (χ1n) is 10.9. The van der Waals surface area contributed by atoms with Gasteiger partial charge in [-0.3, -0.25) is 14.9 Å². The molecule has 1 aromatic carbocycles. The number of carboxylic acid groups (broad SMARTS) is 1. The first-order chi connectivity index (χ1) is 14.4. The van der Waals surface area contributed by atoms with Gasteiger partial charge >= 0.3 is 63.3 Å². The molecule has 31 heavy (non-hydrogen) atoms. The van der Waals surface area contributed by atoms with Gasteiger partial charge in [-0.2, -0.15) is 0 Å². The van der Waals surface area contributed by atoms with Crippen molar-refractivity contribution in [3.63, 3.8) is 0 Å². The van der Waals surface area contributed by atoms with Crippen LogP contribution in [0.1, 0.15) is 51.5 Å². The van der Waals surface area contributed by atoms with Crippen LogP contribution in [0.2, 0.25) is 0 Å². The van der Waals surface area contributed by atoms with Crippen molar-refractivity contribution in [3.05, 3.63) is 35.9 Å². The van der Waals surface area contributed by atoms with Gasteiger partial charge in [-0.25, -0.2) is 4.79 Å². The molecular formula is C23H33KN2O5. The van der Waals surface area contributed by atoms with Crippen molar-refractivity contribution in [2.24, 2.45) is 5.92 Å². The van der Waals surface area contributed by atoms with E-state index in [2.05, 4.69) is 5.32 Å². The molecule has 166 valence electrons. The van der Waals surface area contributed by atoms with Crippen LogP contribution in [0.25, 0.3) is 0 Å². The fourth-order valence-corrected chi connectivity index (χ4v) is 4.89. The number of esters is 1. The van der Waals surface area contributed by atoms with Crippen LogP contribution >= 0.6 is 0 Å². The Hall–Kier alpha value is -0.774. The number of rotatable bonds is 9. The molecule has 1 amide bonds. The fraction of sp³-hybridized carbons (Fsp3) is 0.609. The Labute approximate surface area is 226 Å². The summed E-state index contributed by atoms with van der Waals surface area (Å²) in [6, 6.07) is 7.76. The zero-order chi connectivity index (χ0) is 21.7. The molecule has 1 aromatic rings. The molecule has 1 aliphatic carbocycles. The molecule has 2 N–H and O–H groups in total. The van der Waals surface area contributed by atoms with Crippen LogP contribution in [0.4, 0.5) is 0 Å². The molecule has 0 unspecified atom stereocenters. The molecule has 8 heteroatoms. The van der Waals surface area contributed by atoms with Crippen LogP contribution in [0, 0.1) is 5.92 Å². The molecule has 3 rings (SSSR count). The minimum absolute atomic E-state index is 0. The van der Waals surface area contributed by atoms with Crippen LogP contribution < -0.4 is 5.32 Å². The summed E-state index contributed by atoms with van der Waals surface area (Å²) in [5.74, 6) is -1.31. The number of carboxylic acids is 1. The Morgan fingerprint density at radius 3 is 2.58 bits per heavy atom. The third-order valence-electron chi connectivity index (χ3n) is 6.33. The Morgan fingerprint density at radius 1 is 1.23 bits per heavy atom. The van der Waals surface area contributed by atoms with Crippen molar-refractivity contribution >= 4 is 69.2 Å². The van der Waals surface area contributed by atoms with Crippen molar-refractivity contribution in [3.8, 4) is 0 Å². The molecule has 1 saturated heterocycles. The third-order valence-corrected chi connectivity index (χ3v) is 6.33. The molecule has 2 aliphatic rings. The SMILES string of the molecule is CCOC(=O)[C@H](CCc1ccccc1)N[C@@H](C)C(=O)N1[C@H](C(=O)O)C[C@@H]2CCC[C@@H]21.[KH]. The number of likely N-dealkylation sites (tertiary alicyclic amines) is 1. The monoisotopic (exact) mass is 456 g/mol. The van der Waals surface area contributed by atoms with E-state index < -0.39 is 24.1 Å². The van der Waals surface area contributed by atoms with Crippen molar-refractivity contribution in [2.75, 3.05) is 6.61 Å². The predicted molar refractivity (Wildman–Crippen MR) is 119 cm³/mol. The van der Waals surface area contributed by atoms with E-state index in [0.717, 1.165) is 24.8 Å². The number of aryl methyl sites for hydroxylation is 1. The fourth-order valence-electron chi connectivity index (χ4n) is 4.89. The Kier molecular flexibility index (Phi) is 10.6. The first-order valence-corrected chi connectivity index (χ1v) is 10.9. The van der Waals surface area contributed by atoms with Crippen LogP contribution in [0.15, 0.2) is 30.3 Å². The van der Waals surface area contributed by atoms with Crippen molar-refractivity contribution < 1.29 is 24.2 Å². The molecule has 1 heterocycles. The third kappa shape index (κ3) is 6.62. The molecule has 1 aliphatic heterocycles. The Morgan fingerprint density at radius 2 is 1.94 bits per heavy atom. The standard InChI is InChI=1S/C23H32N2O5.K.H/c1-3-30-23(29)18(13-12-16-8-5-4-6-9-16)24-15(2)21(26)25-19-11-7-10-17(19)14-20(25)22(27)28;;/h4-6,8-9,15,17-20,24H,3,7,10-14H2,1-2H3,(H,27,28);;/t15-,17-,18-,19-,20-;;/m0../s1. The summed E-state index contributed by atoms with van der Waals surface area (Å²) < 4.78 is 5.21. The van der Waals surface area contributed by atoms with Gasteiger partial charge in [0.25, 0.3) is 0 Å². The van der Waals surface area contributed by atoms with Gasteiger partial charge < -0.3 is 14.7 Å². The number of nitrogens with zero attached hydrogens (tertiary/aromatic N) is 1. The zero-order valence-electron chi connectivity index (χ0n) is 17.8. The van der Waals surface area contributed by atoms with Gasteiger partial charge in [-0.1, -0.05) is 36.8 Å². The van der Waals surface area contributed by atoms with Crippen LogP contribution in [-0.4, -0.2) is 110 Å². The van der Waals surface area contributed by atoms with Gasteiger partial charge in [0.2, 0.25) is 5.91 Å². The molecule has 0 radical (unpaired) electrons. The van der Waals surface area contributed by atoms with Crippen molar-refractivity contribution in [2.45, 2.75) is 76.5 Å². The van der Waals surface area contributed by atoms with Gasteiger partial charge in [-0.05, 0) is 57.4 Å². The summed E-state index contributed by atoms with van der Waals surface area (Å²) in [4.78, 5) is 39.1. The second kappa shape index (κ2) is 12.5. The quantitative estimate of drug-likeness (QED) is 0.434. The molecule has 5 atom stereocenters. The number of aliphatic carboxylic acids is 1. The molecule has 0 bridgehead atoms. The number of nitrogens with one attached hydrogen (secondary N) is 1. The first kappa shape index (κ1) is 26.5. The zero-order valence-corrected chi connectivity index (χ0v) is 17.8. The van der Waals surface area contributed by atoms with Gasteiger partial charge in [0.1, 0.15) is 12.1 Å². The van der Waals surface area contributed by atoms with Crippen LogP contribution in [-0.2, 0) is 25.5 Å². The van der Waals surface area contributed by atoms with Crippen LogP contribution in [0.3, 0.4) is 0 Å². The molecule has 1 saturated carbocycles. The maximum absolute atomic E-state index is 13.2. The molecule has 0 aromatic heterocycles. The van der Waals surface area contributed by atoms with Gasteiger partial charge in [-0.15, -0.1) is 0 Å². The van der Waals surface area contributed by atoms with E-state index >= 15 is 0 Å². The average Bonchev–Trinajstić information content (AvgIpc) is 3.32. The predicted octanol–water partition coefficient (Wildman–Crippen LogP) is 1.73. The molecule has 7 nitrogen and oxygen atoms in total. The average molecular weight is 457 g/mol. The summed E-state index contributed by atoms with van der Waals surface area (Å²) in [5.41, 5.74) is 1.10. The molecule has 2 fully saturated rings. The van der Waals surface area contributed by atoms with E-state index in [-0.39, 0.29) is 81.8 Å². The van der Waals surface area contributed by atoms with E-state index in [0.29, 0.717) is 19.3 Å². The number of carbonyl (C=O) groups excluding carboxylic acids is 2. The number of hydrogen-bond donors (Lipinski definition) is 2. The molecular weight excluding hydrogens is 423 g/mol. The topological polar surface area (TPSA) is 95.9 Å². The minimum atomic E-state index is -0.948. The number of carbonyl (C=O) groups is 3. The van der Waals surface area contributed by atoms with E-state index in [4.69, 9.17) is 4.74 Å². The summed E-state index contributed by atoms with van der Waals surface area (Å²) in [7, 11) is 0. The summed E-state index contributed by atoms with van der Waals surface area (Å²) in [6.07, 6.45) is 4.54. The number of amides is 1. The molecule has 0 spiro atoms. The van der Waals surface area contributed by atoms with Crippen molar-refractivity contribution in [1.29, 1.82) is 0 Å². The summed E-state index contributed by atoms with van der Waals surface area (Å²) in [5, 5.41) is 12.8. The second-order valence-electron chi connectivity index (χ2n) is 8.31. The van der Waals surface area contributed by atoms with Crippen molar-refractivity contribution in [1.82, 2.24) is 10.2 Å². The number of benzene rings is 1. The van der Waals surface area contributed by atoms with Gasteiger partial charge in [0, 0.05) is 6.04 Å². The van der Waals surface area contributed by atoms with E-state index in [9.17, 15) is 19.5 Å².